The minimum absolute atomic E-state index is 0.161. The van der Waals surface area contributed by atoms with Gasteiger partial charge in [-0.2, -0.15) is 13.2 Å². The van der Waals surface area contributed by atoms with Gasteiger partial charge in [-0.15, -0.1) is 0 Å². The van der Waals surface area contributed by atoms with Crippen LogP contribution in [0, 0.1) is 11.3 Å². The normalized spacial score (nSPS) is 26.3. The van der Waals surface area contributed by atoms with Crippen molar-refractivity contribution in [3.05, 3.63) is 35.9 Å². The Bertz CT molecular complexity index is 518. The summed E-state index contributed by atoms with van der Waals surface area (Å²) in [4.78, 5) is 13.5. The van der Waals surface area contributed by atoms with E-state index in [-0.39, 0.29) is 19.5 Å². The lowest BCUT2D eigenvalue weighted by Crippen LogP contribution is -2.40. The van der Waals surface area contributed by atoms with Crippen LogP contribution in [-0.2, 0) is 11.3 Å². The Morgan fingerprint density at radius 3 is 2.50 bits per heavy atom. The van der Waals surface area contributed by atoms with Gasteiger partial charge < -0.3 is 5.11 Å². The second-order valence-corrected chi connectivity index (χ2v) is 5.99. The van der Waals surface area contributed by atoms with Crippen molar-refractivity contribution in [1.29, 1.82) is 0 Å². The van der Waals surface area contributed by atoms with Crippen LogP contribution in [0.2, 0.25) is 0 Å². The molecule has 2 rings (SSSR count). The number of carboxylic acids is 1. The van der Waals surface area contributed by atoms with Gasteiger partial charge in [-0.1, -0.05) is 37.3 Å². The molecular weight excluding hydrogens is 295 g/mol. The number of hydrogen-bond donors (Lipinski definition) is 1. The Morgan fingerprint density at radius 1 is 1.36 bits per heavy atom. The molecule has 0 saturated carbocycles. The highest BCUT2D eigenvalue weighted by atomic mass is 19.4. The second-order valence-electron chi connectivity index (χ2n) is 5.99. The average Bonchev–Trinajstić information content (AvgIpc) is 2.76. The summed E-state index contributed by atoms with van der Waals surface area (Å²) in [5, 5.41) is 9.52. The molecule has 1 aromatic rings. The van der Waals surface area contributed by atoms with Crippen LogP contribution in [0.3, 0.4) is 0 Å². The number of likely N-dealkylation sites (tertiary alicyclic amines) is 1. The summed E-state index contributed by atoms with van der Waals surface area (Å²) in [6, 6.07) is 9.39. The van der Waals surface area contributed by atoms with E-state index >= 15 is 0 Å². The Morgan fingerprint density at radius 2 is 2.00 bits per heavy atom. The van der Waals surface area contributed by atoms with Crippen molar-refractivity contribution in [3.63, 3.8) is 0 Å². The fraction of sp³-hybridized carbons (Fsp3) is 0.562. The van der Waals surface area contributed by atoms with Crippen molar-refractivity contribution >= 4 is 5.97 Å². The number of carboxylic acid groups (broad SMARTS) is 1. The number of carbonyl (C=O) groups is 1. The number of benzene rings is 1. The van der Waals surface area contributed by atoms with Crippen molar-refractivity contribution in [1.82, 2.24) is 4.90 Å². The minimum atomic E-state index is -4.34. The van der Waals surface area contributed by atoms with Gasteiger partial charge in [0.2, 0.25) is 0 Å². The molecule has 0 amide bonds. The fourth-order valence-corrected chi connectivity index (χ4v) is 3.37. The summed E-state index contributed by atoms with van der Waals surface area (Å²) in [5.41, 5.74) is -0.338. The Kier molecular flexibility index (Phi) is 4.80. The monoisotopic (exact) mass is 315 g/mol. The van der Waals surface area contributed by atoms with Crippen LogP contribution < -0.4 is 0 Å². The largest absolute Gasteiger partial charge is 0.481 e. The van der Waals surface area contributed by atoms with Gasteiger partial charge in [0.15, 0.2) is 0 Å². The number of alkyl halides is 3. The van der Waals surface area contributed by atoms with Gasteiger partial charge in [0.05, 0.1) is 5.41 Å². The standard InChI is InChI=1S/C16H20F3NO2/c1-2-15(14(21)22)11-20(9-12-6-4-3-5-7-12)10-13(15)8-16(17,18)19/h3-7,13H,2,8-11H2,1H3,(H,21,22)/t13-,15-/m0/s1. The Labute approximate surface area is 127 Å². The van der Waals surface area contributed by atoms with Crippen LogP contribution in [-0.4, -0.2) is 35.2 Å². The topological polar surface area (TPSA) is 40.5 Å². The molecule has 0 bridgehead atoms. The van der Waals surface area contributed by atoms with Crippen molar-refractivity contribution in [2.75, 3.05) is 13.1 Å². The van der Waals surface area contributed by atoms with Crippen LogP contribution in [0.15, 0.2) is 30.3 Å². The Hall–Kier alpha value is -1.56. The highest BCUT2D eigenvalue weighted by Gasteiger charge is 2.54. The molecule has 6 heteroatoms. The minimum Gasteiger partial charge on any atom is -0.481 e. The van der Waals surface area contributed by atoms with Gasteiger partial charge in [-0.05, 0) is 17.9 Å². The molecule has 1 saturated heterocycles. The molecule has 1 aliphatic heterocycles. The van der Waals surface area contributed by atoms with Gasteiger partial charge in [-0.25, -0.2) is 0 Å². The molecule has 0 spiro atoms. The van der Waals surface area contributed by atoms with Crippen molar-refractivity contribution in [2.24, 2.45) is 11.3 Å². The molecule has 1 heterocycles. The van der Waals surface area contributed by atoms with E-state index < -0.39 is 29.9 Å². The van der Waals surface area contributed by atoms with Crippen molar-refractivity contribution in [3.8, 4) is 0 Å². The fourth-order valence-electron chi connectivity index (χ4n) is 3.37. The van der Waals surface area contributed by atoms with Crippen LogP contribution >= 0.6 is 0 Å². The lowest BCUT2D eigenvalue weighted by molar-refractivity contribution is -0.164. The number of aliphatic carboxylic acids is 1. The van der Waals surface area contributed by atoms with Crippen LogP contribution in [0.5, 0.6) is 0 Å². The molecule has 0 radical (unpaired) electrons. The molecule has 0 aliphatic carbocycles. The lowest BCUT2D eigenvalue weighted by Gasteiger charge is -2.29. The summed E-state index contributed by atoms with van der Waals surface area (Å²) in [5.74, 6) is -2.03. The van der Waals surface area contributed by atoms with Gasteiger partial charge in [-0.3, -0.25) is 9.69 Å². The van der Waals surface area contributed by atoms with E-state index in [1.165, 1.54) is 0 Å². The molecule has 1 fully saturated rings. The number of hydrogen-bond acceptors (Lipinski definition) is 2. The average molecular weight is 315 g/mol. The molecule has 122 valence electrons. The molecule has 1 N–H and O–H groups in total. The predicted molar refractivity (Wildman–Crippen MR) is 76.2 cm³/mol. The first-order valence-corrected chi connectivity index (χ1v) is 7.33. The summed E-state index contributed by atoms with van der Waals surface area (Å²) < 4.78 is 38.4. The molecule has 3 nitrogen and oxygen atoms in total. The summed E-state index contributed by atoms with van der Waals surface area (Å²) in [6.45, 7) is 2.46. The first-order chi connectivity index (χ1) is 10.3. The van der Waals surface area contributed by atoms with E-state index in [9.17, 15) is 23.1 Å². The van der Waals surface area contributed by atoms with Crippen LogP contribution in [0.4, 0.5) is 13.2 Å². The smallest absolute Gasteiger partial charge is 0.389 e. The van der Waals surface area contributed by atoms with Gasteiger partial charge in [0.25, 0.3) is 0 Å². The van der Waals surface area contributed by atoms with Crippen molar-refractivity contribution in [2.45, 2.75) is 32.5 Å². The zero-order chi connectivity index (χ0) is 16.4. The maximum absolute atomic E-state index is 12.8. The first kappa shape index (κ1) is 16.8. The van der Waals surface area contributed by atoms with Gasteiger partial charge >= 0.3 is 12.1 Å². The van der Waals surface area contributed by atoms with Crippen LogP contribution in [0.25, 0.3) is 0 Å². The SMILES string of the molecule is CC[C@]1(C(=O)O)CN(Cc2ccccc2)C[C@@H]1CC(F)(F)F. The molecule has 2 atom stereocenters. The lowest BCUT2D eigenvalue weighted by atomic mass is 9.74. The van der Waals surface area contributed by atoms with E-state index in [0.717, 1.165) is 5.56 Å². The predicted octanol–water partition coefficient (Wildman–Crippen LogP) is 3.55. The highest BCUT2D eigenvalue weighted by Crippen LogP contribution is 2.45. The summed E-state index contributed by atoms with van der Waals surface area (Å²) in [7, 11) is 0. The van der Waals surface area contributed by atoms with E-state index in [1.807, 2.05) is 35.2 Å². The summed E-state index contributed by atoms with van der Waals surface area (Å²) >= 11 is 0. The zero-order valence-electron chi connectivity index (χ0n) is 12.4. The Balaban J connectivity index is 2.19. The molecule has 0 unspecified atom stereocenters. The van der Waals surface area contributed by atoms with Gasteiger partial charge in [0, 0.05) is 26.1 Å². The van der Waals surface area contributed by atoms with Crippen molar-refractivity contribution < 1.29 is 23.1 Å². The third-order valence-corrected chi connectivity index (χ3v) is 4.55. The summed E-state index contributed by atoms with van der Waals surface area (Å²) in [6.07, 6.45) is -5.18. The molecule has 0 aromatic heterocycles. The van der Waals surface area contributed by atoms with Gasteiger partial charge in [0.1, 0.15) is 0 Å². The third kappa shape index (κ3) is 3.61. The van der Waals surface area contributed by atoms with Crippen LogP contribution in [0.1, 0.15) is 25.3 Å². The quantitative estimate of drug-likeness (QED) is 0.903. The highest BCUT2D eigenvalue weighted by molar-refractivity contribution is 5.76. The number of nitrogens with zero attached hydrogens (tertiary/aromatic N) is 1. The van der Waals surface area contributed by atoms with E-state index in [0.29, 0.717) is 6.54 Å². The molecule has 1 aromatic carbocycles. The number of rotatable bonds is 5. The van der Waals surface area contributed by atoms with E-state index in [1.54, 1.807) is 6.92 Å². The maximum Gasteiger partial charge on any atom is 0.389 e. The molecule has 1 aliphatic rings. The maximum atomic E-state index is 12.8. The van der Waals surface area contributed by atoms with E-state index in [2.05, 4.69) is 0 Å². The number of halogens is 3. The van der Waals surface area contributed by atoms with E-state index in [4.69, 9.17) is 0 Å². The third-order valence-electron chi connectivity index (χ3n) is 4.55. The first-order valence-electron chi connectivity index (χ1n) is 7.33. The second kappa shape index (κ2) is 6.28. The zero-order valence-corrected chi connectivity index (χ0v) is 12.4. The molecule has 22 heavy (non-hydrogen) atoms. The molecular formula is C16H20F3NO2.